The van der Waals surface area contributed by atoms with Gasteiger partial charge < -0.3 is 9.67 Å². The maximum absolute atomic E-state index is 11.5. The van der Waals surface area contributed by atoms with E-state index in [9.17, 15) is 9.90 Å². The summed E-state index contributed by atoms with van der Waals surface area (Å²) in [5.74, 6) is 0.702. The SMILES string of the molecule is O=c1cc2n(cc1O)CCN(CC1CCCCC1)C2. The Morgan fingerprint density at radius 2 is 2.00 bits per heavy atom. The van der Waals surface area contributed by atoms with Gasteiger partial charge in [0, 0.05) is 37.9 Å². The molecule has 0 amide bonds. The van der Waals surface area contributed by atoms with Crippen LogP contribution in [0.5, 0.6) is 5.75 Å². The number of pyridine rings is 1. The smallest absolute Gasteiger partial charge is 0.223 e. The van der Waals surface area contributed by atoms with Crippen LogP contribution in [-0.2, 0) is 13.1 Å². The third-order valence-corrected chi connectivity index (χ3v) is 4.48. The molecule has 1 saturated carbocycles. The molecule has 1 aliphatic heterocycles. The summed E-state index contributed by atoms with van der Waals surface area (Å²) in [6.45, 7) is 3.89. The summed E-state index contributed by atoms with van der Waals surface area (Å²) in [5.41, 5.74) is 0.774. The number of hydrogen-bond acceptors (Lipinski definition) is 3. The lowest BCUT2D eigenvalue weighted by molar-refractivity contribution is 0.166. The molecule has 4 nitrogen and oxygen atoms in total. The minimum absolute atomic E-state index is 0.135. The summed E-state index contributed by atoms with van der Waals surface area (Å²) in [6.07, 6.45) is 8.45. The molecular weight excluding hydrogens is 240 g/mol. The zero-order valence-corrected chi connectivity index (χ0v) is 11.3. The van der Waals surface area contributed by atoms with Gasteiger partial charge in [-0.25, -0.2) is 0 Å². The Balaban J connectivity index is 1.68. The van der Waals surface area contributed by atoms with Crippen molar-refractivity contribution in [2.75, 3.05) is 13.1 Å². The van der Waals surface area contributed by atoms with Crippen LogP contribution in [0.3, 0.4) is 0 Å². The van der Waals surface area contributed by atoms with E-state index in [2.05, 4.69) is 4.90 Å². The highest BCUT2D eigenvalue weighted by atomic mass is 16.3. The fourth-order valence-corrected chi connectivity index (χ4v) is 3.39. The second-order valence-corrected chi connectivity index (χ2v) is 5.95. The van der Waals surface area contributed by atoms with Crippen LogP contribution in [0, 0.1) is 5.92 Å². The Morgan fingerprint density at radius 3 is 2.79 bits per heavy atom. The number of hydrogen-bond donors (Lipinski definition) is 1. The number of aromatic hydroxyl groups is 1. The van der Waals surface area contributed by atoms with E-state index in [0.29, 0.717) is 0 Å². The highest BCUT2D eigenvalue weighted by molar-refractivity contribution is 5.21. The van der Waals surface area contributed by atoms with Gasteiger partial charge in [-0.05, 0) is 18.8 Å². The van der Waals surface area contributed by atoms with Crippen LogP contribution < -0.4 is 5.43 Å². The van der Waals surface area contributed by atoms with Crippen LogP contribution >= 0.6 is 0 Å². The van der Waals surface area contributed by atoms with Crippen LogP contribution in [0.15, 0.2) is 17.1 Å². The van der Waals surface area contributed by atoms with E-state index in [1.54, 1.807) is 12.3 Å². The molecule has 2 heterocycles. The first-order valence-electron chi connectivity index (χ1n) is 7.37. The van der Waals surface area contributed by atoms with Gasteiger partial charge in [-0.1, -0.05) is 19.3 Å². The molecule has 0 saturated heterocycles. The van der Waals surface area contributed by atoms with Crippen LogP contribution in [0.1, 0.15) is 37.8 Å². The van der Waals surface area contributed by atoms with Gasteiger partial charge in [0.25, 0.3) is 0 Å². The zero-order valence-electron chi connectivity index (χ0n) is 11.3. The van der Waals surface area contributed by atoms with Crippen molar-refractivity contribution in [1.29, 1.82) is 0 Å². The Labute approximate surface area is 113 Å². The summed E-state index contributed by atoms with van der Waals surface area (Å²) in [5, 5.41) is 9.46. The molecule has 104 valence electrons. The van der Waals surface area contributed by atoms with Crippen molar-refractivity contribution < 1.29 is 5.11 Å². The molecule has 1 N–H and O–H groups in total. The molecule has 0 aromatic carbocycles. The van der Waals surface area contributed by atoms with Crippen molar-refractivity contribution in [1.82, 2.24) is 9.47 Å². The molecule has 1 aromatic rings. The van der Waals surface area contributed by atoms with E-state index in [1.165, 1.54) is 32.1 Å². The summed E-state index contributed by atoms with van der Waals surface area (Å²) in [7, 11) is 0. The molecule has 0 radical (unpaired) electrons. The zero-order chi connectivity index (χ0) is 13.2. The highest BCUT2D eigenvalue weighted by Crippen LogP contribution is 2.25. The first-order chi connectivity index (χ1) is 9.22. The lowest BCUT2D eigenvalue weighted by Crippen LogP contribution is -2.38. The maximum atomic E-state index is 11.5. The number of rotatable bonds is 2. The van der Waals surface area contributed by atoms with Gasteiger partial charge in [0.15, 0.2) is 5.75 Å². The minimum atomic E-state index is -0.259. The Morgan fingerprint density at radius 1 is 1.21 bits per heavy atom. The third-order valence-electron chi connectivity index (χ3n) is 4.48. The van der Waals surface area contributed by atoms with Gasteiger partial charge in [0.1, 0.15) is 0 Å². The average Bonchev–Trinajstić information content (AvgIpc) is 2.42. The van der Waals surface area contributed by atoms with Gasteiger partial charge >= 0.3 is 0 Å². The second-order valence-electron chi connectivity index (χ2n) is 5.95. The lowest BCUT2D eigenvalue weighted by Gasteiger charge is -2.34. The van der Waals surface area contributed by atoms with E-state index in [0.717, 1.165) is 37.8 Å². The molecule has 2 aliphatic rings. The average molecular weight is 262 g/mol. The summed E-state index contributed by atoms with van der Waals surface area (Å²) in [6, 6.07) is 1.59. The van der Waals surface area contributed by atoms with Gasteiger partial charge in [-0.3, -0.25) is 9.69 Å². The van der Waals surface area contributed by atoms with Crippen LogP contribution in [0.2, 0.25) is 0 Å². The summed E-state index contributed by atoms with van der Waals surface area (Å²) >= 11 is 0. The van der Waals surface area contributed by atoms with Crippen molar-refractivity contribution in [3.8, 4) is 5.75 Å². The Kier molecular flexibility index (Phi) is 3.60. The van der Waals surface area contributed by atoms with Crippen LogP contribution in [-0.4, -0.2) is 27.7 Å². The molecular formula is C15H22N2O2. The first-order valence-corrected chi connectivity index (χ1v) is 7.37. The summed E-state index contributed by atoms with van der Waals surface area (Å²) in [4.78, 5) is 14.0. The molecule has 3 rings (SSSR count). The largest absolute Gasteiger partial charge is 0.503 e. The molecule has 4 heteroatoms. The predicted octanol–water partition coefficient (Wildman–Crippen LogP) is 1.95. The van der Waals surface area contributed by atoms with Crippen LogP contribution in [0.4, 0.5) is 0 Å². The van der Waals surface area contributed by atoms with Crippen molar-refractivity contribution in [2.24, 2.45) is 5.92 Å². The molecule has 0 bridgehead atoms. The van der Waals surface area contributed by atoms with Gasteiger partial charge in [0.05, 0.1) is 6.20 Å². The number of fused-ring (bicyclic) bond motifs is 1. The highest BCUT2D eigenvalue weighted by Gasteiger charge is 2.21. The Hall–Kier alpha value is -1.29. The Bertz CT molecular complexity index is 503. The number of aromatic nitrogens is 1. The molecule has 1 fully saturated rings. The fraction of sp³-hybridized carbons (Fsp3) is 0.667. The first kappa shape index (κ1) is 12.7. The molecule has 1 aliphatic carbocycles. The maximum Gasteiger partial charge on any atom is 0.223 e. The van der Waals surface area contributed by atoms with E-state index in [-0.39, 0.29) is 11.2 Å². The standard InChI is InChI=1S/C15H22N2O2/c18-14-8-13-10-16(6-7-17(13)11-15(14)19)9-12-4-2-1-3-5-12/h8,11-12,19H,1-7,9-10H2. The number of nitrogens with zero attached hydrogens (tertiary/aromatic N) is 2. The van der Waals surface area contributed by atoms with Crippen molar-refractivity contribution in [2.45, 2.75) is 45.2 Å². The molecule has 0 unspecified atom stereocenters. The molecule has 0 spiro atoms. The van der Waals surface area contributed by atoms with Gasteiger partial charge in [-0.2, -0.15) is 0 Å². The van der Waals surface area contributed by atoms with Crippen LogP contribution in [0.25, 0.3) is 0 Å². The van der Waals surface area contributed by atoms with E-state index in [1.807, 2.05) is 4.57 Å². The predicted molar refractivity (Wildman–Crippen MR) is 74.2 cm³/mol. The summed E-state index contributed by atoms with van der Waals surface area (Å²) < 4.78 is 2.01. The van der Waals surface area contributed by atoms with Gasteiger partial charge in [0.2, 0.25) is 5.43 Å². The molecule has 19 heavy (non-hydrogen) atoms. The molecule has 0 atom stereocenters. The normalized spacial score (nSPS) is 21.3. The fourth-order valence-electron chi connectivity index (χ4n) is 3.39. The van der Waals surface area contributed by atoms with Crippen molar-refractivity contribution in [3.05, 3.63) is 28.2 Å². The lowest BCUT2D eigenvalue weighted by atomic mass is 9.89. The van der Waals surface area contributed by atoms with E-state index < -0.39 is 0 Å². The van der Waals surface area contributed by atoms with Gasteiger partial charge in [-0.15, -0.1) is 0 Å². The van der Waals surface area contributed by atoms with E-state index in [4.69, 9.17) is 0 Å². The topological polar surface area (TPSA) is 45.5 Å². The van der Waals surface area contributed by atoms with Crippen molar-refractivity contribution in [3.63, 3.8) is 0 Å². The second kappa shape index (κ2) is 5.37. The third kappa shape index (κ3) is 2.84. The monoisotopic (exact) mass is 262 g/mol. The quantitative estimate of drug-likeness (QED) is 0.886. The van der Waals surface area contributed by atoms with E-state index >= 15 is 0 Å². The van der Waals surface area contributed by atoms with Crippen molar-refractivity contribution >= 4 is 0 Å². The molecule has 1 aromatic heterocycles. The minimum Gasteiger partial charge on any atom is -0.503 e.